The van der Waals surface area contributed by atoms with Gasteiger partial charge in [0.15, 0.2) is 0 Å². The fraction of sp³-hybridized carbons (Fsp3) is 0.667. The van der Waals surface area contributed by atoms with E-state index < -0.39 is 0 Å². The number of hydrogen-bond acceptors (Lipinski definition) is 2. The Kier molecular flexibility index (Phi) is 4.58. The van der Waals surface area contributed by atoms with Gasteiger partial charge in [0.1, 0.15) is 0 Å². The van der Waals surface area contributed by atoms with Crippen LogP contribution in [-0.2, 0) is 4.74 Å². The number of halogens is 1. The maximum atomic E-state index is 6.41. The topological polar surface area (TPSA) is 21.3 Å². The molecule has 2 nitrogen and oxygen atoms in total. The molecule has 0 saturated carbocycles. The van der Waals surface area contributed by atoms with Crippen LogP contribution in [-0.4, -0.2) is 19.7 Å². The molecule has 1 aromatic rings. The molecule has 1 N–H and O–H groups in total. The van der Waals surface area contributed by atoms with Gasteiger partial charge in [-0.1, -0.05) is 43.6 Å². The lowest BCUT2D eigenvalue weighted by Crippen LogP contribution is -2.46. The Morgan fingerprint density at radius 1 is 1.24 bits per heavy atom. The molecule has 2 fully saturated rings. The average molecular weight is 308 g/mol. The summed E-state index contributed by atoms with van der Waals surface area (Å²) < 4.78 is 6.40. The first kappa shape index (κ1) is 15.3. The molecular formula is C18H26ClNO. The third-order valence-electron chi connectivity index (χ3n) is 5.36. The molecule has 3 heteroatoms. The van der Waals surface area contributed by atoms with Gasteiger partial charge in [0.05, 0.1) is 12.7 Å². The lowest BCUT2D eigenvalue weighted by molar-refractivity contribution is -0.123. The molecule has 0 amide bonds. The molecule has 1 spiro atoms. The van der Waals surface area contributed by atoms with E-state index in [0.717, 1.165) is 24.7 Å². The van der Waals surface area contributed by atoms with Crippen LogP contribution >= 0.6 is 11.6 Å². The van der Waals surface area contributed by atoms with E-state index in [1.165, 1.54) is 24.8 Å². The van der Waals surface area contributed by atoms with Crippen LogP contribution in [0.1, 0.15) is 44.8 Å². The Balaban J connectivity index is 1.84. The zero-order valence-corrected chi connectivity index (χ0v) is 13.8. The predicted octanol–water partition coefficient (Wildman–Crippen LogP) is 4.44. The predicted molar refractivity (Wildman–Crippen MR) is 87.6 cm³/mol. The van der Waals surface area contributed by atoms with Gasteiger partial charge < -0.3 is 10.1 Å². The molecule has 2 atom stereocenters. The highest BCUT2D eigenvalue weighted by Crippen LogP contribution is 2.49. The third kappa shape index (κ3) is 3.13. The Bertz CT molecular complexity index is 482. The fourth-order valence-electron chi connectivity index (χ4n) is 3.97. The number of rotatable bonds is 2. The zero-order valence-electron chi connectivity index (χ0n) is 13.1. The minimum atomic E-state index is 0.152. The first-order valence-electron chi connectivity index (χ1n) is 8.18. The summed E-state index contributed by atoms with van der Waals surface area (Å²) in [5.41, 5.74) is 1.56. The summed E-state index contributed by atoms with van der Waals surface area (Å²) in [4.78, 5) is 0. The second-order valence-corrected chi connectivity index (χ2v) is 7.52. The highest BCUT2D eigenvalue weighted by Gasteiger charge is 2.44. The van der Waals surface area contributed by atoms with E-state index in [0.29, 0.717) is 17.3 Å². The molecule has 2 aliphatic heterocycles. The van der Waals surface area contributed by atoms with Gasteiger partial charge in [-0.15, -0.1) is 0 Å². The number of ether oxygens (including phenoxy) is 1. The van der Waals surface area contributed by atoms with Crippen molar-refractivity contribution in [1.29, 1.82) is 0 Å². The third-order valence-corrected chi connectivity index (χ3v) is 5.70. The molecule has 21 heavy (non-hydrogen) atoms. The van der Waals surface area contributed by atoms with Crippen molar-refractivity contribution in [2.24, 2.45) is 17.3 Å². The van der Waals surface area contributed by atoms with Crippen molar-refractivity contribution < 1.29 is 4.74 Å². The Labute approximate surface area is 133 Å². The normalized spacial score (nSPS) is 29.0. The molecule has 3 rings (SSSR count). The van der Waals surface area contributed by atoms with Crippen LogP contribution < -0.4 is 5.32 Å². The summed E-state index contributed by atoms with van der Waals surface area (Å²) >= 11 is 6.41. The molecule has 0 bridgehead atoms. The summed E-state index contributed by atoms with van der Waals surface area (Å²) in [6.45, 7) is 7.78. The molecule has 0 aliphatic carbocycles. The first-order valence-corrected chi connectivity index (χ1v) is 8.56. The number of hydrogen-bond donors (Lipinski definition) is 1. The second kappa shape index (κ2) is 6.28. The van der Waals surface area contributed by atoms with Gasteiger partial charge in [-0.2, -0.15) is 0 Å². The van der Waals surface area contributed by atoms with Crippen LogP contribution in [0.2, 0.25) is 5.02 Å². The van der Waals surface area contributed by atoms with Gasteiger partial charge >= 0.3 is 0 Å². The molecule has 116 valence electrons. The van der Waals surface area contributed by atoms with Crippen LogP contribution in [0.25, 0.3) is 0 Å². The van der Waals surface area contributed by atoms with E-state index in [9.17, 15) is 0 Å². The van der Waals surface area contributed by atoms with Crippen molar-refractivity contribution in [3.63, 3.8) is 0 Å². The largest absolute Gasteiger partial charge is 0.373 e. The van der Waals surface area contributed by atoms with Crippen molar-refractivity contribution in [2.45, 2.75) is 39.2 Å². The van der Waals surface area contributed by atoms with Crippen molar-refractivity contribution >= 4 is 11.6 Å². The molecule has 0 radical (unpaired) electrons. The molecule has 0 unspecified atom stereocenters. The van der Waals surface area contributed by atoms with Gasteiger partial charge in [0, 0.05) is 5.02 Å². The standard InChI is InChI=1S/C18H26ClNO/c1-13(2)15-11-18(7-9-20-10-8-18)12-21-17(15)14-5-3-4-6-16(14)19/h3-6,13,15,17,20H,7-12H2,1-2H3/t15-,17-/m1/s1. The minimum absolute atomic E-state index is 0.152. The second-order valence-electron chi connectivity index (χ2n) is 7.12. The summed E-state index contributed by atoms with van der Waals surface area (Å²) in [7, 11) is 0. The zero-order chi connectivity index (χ0) is 14.9. The monoisotopic (exact) mass is 307 g/mol. The van der Waals surface area contributed by atoms with Crippen LogP contribution in [0.15, 0.2) is 24.3 Å². The fourth-order valence-corrected chi connectivity index (χ4v) is 4.22. The smallest absolute Gasteiger partial charge is 0.0870 e. The van der Waals surface area contributed by atoms with Crippen molar-refractivity contribution in [2.75, 3.05) is 19.7 Å². The Morgan fingerprint density at radius 2 is 1.95 bits per heavy atom. The van der Waals surface area contributed by atoms with Crippen molar-refractivity contribution in [3.8, 4) is 0 Å². The molecule has 2 heterocycles. The number of benzene rings is 1. The lowest BCUT2D eigenvalue weighted by atomic mass is 9.67. The first-order chi connectivity index (χ1) is 10.1. The van der Waals surface area contributed by atoms with Crippen LogP contribution in [0.5, 0.6) is 0 Å². The summed E-state index contributed by atoms with van der Waals surface area (Å²) in [6.07, 6.45) is 3.90. The van der Waals surface area contributed by atoms with Crippen LogP contribution in [0.3, 0.4) is 0 Å². The van der Waals surface area contributed by atoms with E-state index >= 15 is 0 Å². The van der Waals surface area contributed by atoms with Gasteiger partial charge in [-0.05, 0) is 61.2 Å². The van der Waals surface area contributed by atoms with E-state index in [4.69, 9.17) is 16.3 Å². The minimum Gasteiger partial charge on any atom is -0.373 e. The van der Waals surface area contributed by atoms with Gasteiger partial charge in [-0.25, -0.2) is 0 Å². The van der Waals surface area contributed by atoms with E-state index in [1.807, 2.05) is 12.1 Å². The van der Waals surface area contributed by atoms with Crippen LogP contribution in [0.4, 0.5) is 0 Å². The quantitative estimate of drug-likeness (QED) is 0.872. The number of piperidine rings is 1. The van der Waals surface area contributed by atoms with Gasteiger partial charge in [-0.3, -0.25) is 0 Å². The Morgan fingerprint density at radius 3 is 2.62 bits per heavy atom. The van der Waals surface area contributed by atoms with Crippen molar-refractivity contribution in [1.82, 2.24) is 5.32 Å². The van der Waals surface area contributed by atoms with Gasteiger partial charge in [0.2, 0.25) is 0 Å². The van der Waals surface area contributed by atoms with E-state index in [1.54, 1.807) is 0 Å². The maximum absolute atomic E-state index is 6.41. The number of nitrogens with one attached hydrogen (secondary N) is 1. The molecule has 1 aromatic carbocycles. The molecule has 0 aromatic heterocycles. The lowest BCUT2D eigenvalue weighted by Gasteiger charge is -2.48. The molecule has 2 aliphatic rings. The highest BCUT2D eigenvalue weighted by molar-refractivity contribution is 6.31. The summed E-state index contributed by atoms with van der Waals surface area (Å²) in [5, 5.41) is 4.32. The SMILES string of the molecule is CC(C)[C@H]1CC2(CCNCC2)CO[C@@H]1c1ccccc1Cl. The summed E-state index contributed by atoms with van der Waals surface area (Å²) in [6, 6.07) is 8.17. The molecule has 2 saturated heterocycles. The van der Waals surface area contributed by atoms with E-state index in [-0.39, 0.29) is 6.10 Å². The van der Waals surface area contributed by atoms with Crippen molar-refractivity contribution in [3.05, 3.63) is 34.9 Å². The Hall–Kier alpha value is -0.570. The average Bonchev–Trinajstić information content (AvgIpc) is 2.49. The summed E-state index contributed by atoms with van der Waals surface area (Å²) in [5.74, 6) is 1.16. The van der Waals surface area contributed by atoms with E-state index in [2.05, 4.69) is 31.3 Å². The van der Waals surface area contributed by atoms with Gasteiger partial charge in [0.25, 0.3) is 0 Å². The van der Waals surface area contributed by atoms with Crippen LogP contribution in [0, 0.1) is 17.3 Å². The molecular weight excluding hydrogens is 282 g/mol. The maximum Gasteiger partial charge on any atom is 0.0870 e. The highest BCUT2D eigenvalue weighted by atomic mass is 35.5.